The van der Waals surface area contributed by atoms with Gasteiger partial charge in [0.05, 0.1) is 21.2 Å². The van der Waals surface area contributed by atoms with Crippen molar-refractivity contribution in [2.45, 2.75) is 4.90 Å². The van der Waals surface area contributed by atoms with Crippen LogP contribution in [0.1, 0.15) is 21.7 Å². The Hall–Kier alpha value is -4.17. The topological polar surface area (TPSA) is 89.3 Å². The van der Waals surface area contributed by atoms with Gasteiger partial charge in [0, 0.05) is 28.7 Å². The Morgan fingerprint density at radius 1 is 0.875 bits per heavy atom. The molecule has 9 heteroatoms. The number of aromatic carboxylic acids is 1. The minimum atomic E-state index is -3.31. The summed E-state index contributed by atoms with van der Waals surface area (Å²) in [5, 5.41) is 10.4. The summed E-state index contributed by atoms with van der Waals surface area (Å²) in [6.45, 7) is 0. The lowest BCUT2D eigenvalue weighted by Gasteiger charge is -2.07. The van der Waals surface area contributed by atoms with Crippen LogP contribution in [0.5, 0.6) is 0 Å². The van der Waals surface area contributed by atoms with E-state index in [0.717, 1.165) is 16.7 Å². The van der Waals surface area contributed by atoms with Crippen molar-refractivity contribution in [2.75, 3.05) is 6.26 Å². The number of benzene rings is 4. The summed E-state index contributed by atoms with van der Waals surface area (Å²) in [6, 6.07) is 26.3. The smallest absolute Gasteiger partial charge is 0.335 e. The van der Waals surface area contributed by atoms with Crippen molar-refractivity contribution in [1.82, 2.24) is 9.55 Å². The van der Waals surface area contributed by atoms with E-state index in [0.29, 0.717) is 32.8 Å². The van der Waals surface area contributed by atoms with Crippen LogP contribution in [0, 0.1) is 0 Å². The highest BCUT2D eigenvalue weighted by Crippen LogP contribution is 2.31. The van der Waals surface area contributed by atoms with Crippen LogP contribution in [-0.2, 0) is 9.84 Å². The molecule has 40 heavy (non-hydrogen) atoms. The van der Waals surface area contributed by atoms with Crippen molar-refractivity contribution in [3.8, 4) is 28.1 Å². The molecule has 0 fully saturated rings. The monoisotopic (exact) mass is 588 g/mol. The van der Waals surface area contributed by atoms with Gasteiger partial charge < -0.3 is 5.11 Å². The van der Waals surface area contributed by atoms with Crippen molar-refractivity contribution >= 4 is 51.2 Å². The number of halogens is 2. The molecule has 6 nitrogen and oxygen atoms in total. The van der Waals surface area contributed by atoms with Crippen LogP contribution in [0.3, 0.4) is 0 Å². The Morgan fingerprint density at radius 2 is 1.62 bits per heavy atom. The predicted octanol–water partition coefficient (Wildman–Crippen LogP) is 7.79. The average Bonchev–Trinajstić information content (AvgIpc) is 3.36. The molecule has 4 aromatic carbocycles. The van der Waals surface area contributed by atoms with Crippen LogP contribution in [0.15, 0.2) is 102 Å². The zero-order valence-corrected chi connectivity index (χ0v) is 23.5. The molecule has 200 valence electrons. The van der Waals surface area contributed by atoms with E-state index in [1.807, 2.05) is 42.5 Å². The number of sulfone groups is 1. The summed E-state index contributed by atoms with van der Waals surface area (Å²) in [4.78, 5) is 16.6. The van der Waals surface area contributed by atoms with Crippen LogP contribution in [0.2, 0.25) is 10.0 Å². The molecule has 0 atom stereocenters. The first-order chi connectivity index (χ1) is 19.1. The van der Waals surface area contributed by atoms with Gasteiger partial charge in [-0.2, -0.15) is 0 Å². The highest BCUT2D eigenvalue weighted by molar-refractivity contribution is 7.90. The van der Waals surface area contributed by atoms with E-state index in [4.69, 9.17) is 28.2 Å². The maximum Gasteiger partial charge on any atom is 0.335 e. The third-order valence-corrected chi connectivity index (χ3v) is 7.90. The van der Waals surface area contributed by atoms with E-state index >= 15 is 0 Å². The maximum atomic E-state index is 11.9. The zero-order chi connectivity index (χ0) is 28.4. The highest BCUT2D eigenvalue weighted by atomic mass is 35.5. The molecule has 0 saturated heterocycles. The first-order valence-corrected chi connectivity index (χ1v) is 14.7. The first-order valence-electron chi connectivity index (χ1n) is 12.1. The molecular formula is C31H22Cl2N2O4S. The first kappa shape index (κ1) is 27.4. The van der Waals surface area contributed by atoms with Gasteiger partial charge in [-0.05, 0) is 71.3 Å². The van der Waals surface area contributed by atoms with Gasteiger partial charge in [-0.1, -0.05) is 71.7 Å². The minimum Gasteiger partial charge on any atom is -0.478 e. The number of rotatable bonds is 7. The van der Waals surface area contributed by atoms with Gasteiger partial charge >= 0.3 is 5.97 Å². The fraction of sp³-hybridized carbons (Fsp3) is 0.0323. The molecule has 1 N–H and O–H groups in total. The van der Waals surface area contributed by atoms with Crippen molar-refractivity contribution < 1.29 is 18.3 Å². The molecule has 0 unspecified atom stereocenters. The molecule has 0 spiro atoms. The van der Waals surface area contributed by atoms with Crippen LogP contribution < -0.4 is 0 Å². The Bertz CT molecular complexity index is 1880. The van der Waals surface area contributed by atoms with Gasteiger partial charge in [0.2, 0.25) is 0 Å². The van der Waals surface area contributed by atoms with Gasteiger partial charge in [-0.3, -0.25) is 4.57 Å². The summed E-state index contributed by atoms with van der Waals surface area (Å²) < 4.78 is 25.7. The summed E-state index contributed by atoms with van der Waals surface area (Å²) >= 11 is 12.5. The predicted molar refractivity (Wildman–Crippen MR) is 160 cm³/mol. The molecule has 0 bridgehead atoms. The lowest BCUT2D eigenvalue weighted by molar-refractivity contribution is 0.0697. The van der Waals surface area contributed by atoms with Crippen molar-refractivity contribution in [3.63, 3.8) is 0 Å². The number of carboxylic acids is 1. The van der Waals surface area contributed by atoms with Gasteiger partial charge in [-0.15, -0.1) is 0 Å². The molecule has 5 rings (SSSR count). The number of hydrogen-bond acceptors (Lipinski definition) is 4. The number of carboxylic acid groups (broad SMARTS) is 1. The van der Waals surface area contributed by atoms with E-state index in [1.54, 1.807) is 65.4 Å². The molecule has 0 aliphatic carbocycles. The van der Waals surface area contributed by atoms with Crippen molar-refractivity contribution in [2.24, 2.45) is 0 Å². The molecule has 0 aliphatic heterocycles. The zero-order valence-electron chi connectivity index (χ0n) is 21.1. The van der Waals surface area contributed by atoms with Crippen molar-refractivity contribution in [1.29, 1.82) is 0 Å². The Balaban J connectivity index is 1.51. The van der Waals surface area contributed by atoms with Crippen LogP contribution in [0.4, 0.5) is 0 Å². The third kappa shape index (κ3) is 6.02. The Kier molecular flexibility index (Phi) is 7.63. The van der Waals surface area contributed by atoms with Gasteiger partial charge in [0.1, 0.15) is 5.82 Å². The number of nitrogens with zero attached hydrogens (tertiary/aromatic N) is 2. The second-order valence-corrected chi connectivity index (χ2v) is 11.9. The van der Waals surface area contributed by atoms with Gasteiger partial charge in [0.25, 0.3) is 0 Å². The fourth-order valence-corrected chi connectivity index (χ4v) is 5.37. The van der Waals surface area contributed by atoms with Crippen LogP contribution in [0.25, 0.3) is 40.2 Å². The SMILES string of the molecule is CS(=O)(=O)c1cccc(-c2ccc(C=Cc3nc(-c4ccc(Cl)cc4Cl)cn3-c3cccc(C(=O)O)c3)cc2)c1. The largest absolute Gasteiger partial charge is 0.478 e. The van der Waals surface area contributed by atoms with Gasteiger partial charge in [0.15, 0.2) is 9.84 Å². The molecule has 0 aliphatic rings. The Labute approximate surface area is 241 Å². The highest BCUT2D eigenvalue weighted by Gasteiger charge is 2.14. The van der Waals surface area contributed by atoms with Crippen LogP contribution in [-0.4, -0.2) is 35.3 Å². The normalized spacial score (nSPS) is 11.7. The second kappa shape index (κ2) is 11.1. The van der Waals surface area contributed by atoms with E-state index < -0.39 is 15.8 Å². The molecule has 0 amide bonds. The number of hydrogen-bond donors (Lipinski definition) is 1. The van der Waals surface area contributed by atoms with Crippen LogP contribution >= 0.6 is 23.2 Å². The molecule has 5 aromatic rings. The Morgan fingerprint density at radius 3 is 2.33 bits per heavy atom. The quantitative estimate of drug-likeness (QED) is 0.209. The number of aromatic nitrogens is 2. The molecule has 0 radical (unpaired) electrons. The standard InChI is InChI=1S/C31H22Cl2N2O4S/c1-40(38,39)26-7-3-4-22(17-26)21-11-8-20(9-12-21)10-15-30-34-29(27-14-13-24(32)18-28(27)33)19-35(30)25-6-2-5-23(16-25)31(36)37/h2-19H,1H3,(H,36,37). The lowest BCUT2D eigenvalue weighted by Crippen LogP contribution is -2.00. The average molecular weight is 590 g/mol. The second-order valence-electron chi connectivity index (χ2n) is 9.09. The summed E-state index contributed by atoms with van der Waals surface area (Å²) in [5.74, 6) is -0.462. The molecule has 0 saturated carbocycles. The molecular weight excluding hydrogens is 567 g/mol. The van der Waals surface area contributed by atoms with Crippen molar-refractivity contribution in [3.05, 3.63) is 124 Å². The fourth-order valence-electron chi connectivity index (χ4n) is 4.20. The number of carbonyl (C=O) groups is 1. The number of imidazole rings is 1. The molecule has 1 aromatic heterocycles. The summed E-state index contributed by atoms with van der Waals surface area (Å²) in [7, 11) is -3.31. The molecule has 1 heterocycles. The van der Waals surface area contributed by atoms with E-state index in [9.17, 15) is 18.3 Å². The van der Waals surface area contributed by atoms with E-state index in [-0.39, 0.29) is 10.5 Å². The third-order valence-electron chi connectivity index (χ3n) is 6.24. The minimum absolute atomic E-state index is 0.155. The lowest BCUT2D eigenvalue weighted by atomic mass is 10.0. The van der Waals surface area contributed by atoms with E-state index in [2.05, 4.69) is 0 Å². The van der Waals surface area contributed by atoms with E-state index in [1.165, 1.54) is 12.3 Å². The summed E-state index contributed by atoms with van der Waals surface area (Å²) in [5.41, 5.74) is 4.65. The van der Waals surface area contributed by atoms with Gasteiger partial charge in [-0.25, -0.2) is 18.2 Å². The maximum absolute atomic E-state index is 11.9. The summed E-state index contributed by atoms with van der Waals surface area (Å²) in [6.07, 6.45) is 6.71.